The third-order valence-corrected chi connectivity index (χ3v) is 7.23. The third-order valence-electron chi connectivity index (χ3n) is 5.41. The highest BCUT2D eigenvalue weighted by Crippen LogP contribution is 2.34. The lowest BCUT2D eigenvalue weighted by Gasteiger charge is -2.26. The van der Waals surface area contributed by atoms with Gasteiger partial charge in [0.25, 0.3) is 5.56 Å². The zero-order valence-electron chi connectivity index (χ0n) is 20.5. The lowest BCUT2D eigenvalue weighted by atomic mass is 9.96. The van der Waals surface area contributed by atoms with Gasteiger partial charge in [-0.3, -0.25) is 9.36 Å². The van der Waals surface area contributed by atoms with Crippen molar-refractivity contribution < 1.29 is 14.3 Å². The molecule has 3 aromatic rings. The first-order chi connectivity index (χ1) is 17.1. The van der Waals surface area contributed by atoms with Crippen molar-refractivity contribution in [3.63, 3.8) is 0 Å². The van der Waals surface area contributed by atoms with Gasteiger partial charge in [-0.15, -0.1) is 0 Å². The van der Waals surface area contributed by atoms with E-state index in [-0.39, 0.29) is 17.8 Å². The van der Waals surface area contributed by atoms with Crippen LogP contribution in [0.3, 0.4) is 0 Å². The lowest BCUT2D eigenvalue weighted by Crippen LogP contribution is -2.40. The molecule has 0 bridgehead atoms. The molecule has 1 aliphatic heterocycles. The Morgan fingerprint density at radius 2 is 1.89 bits per heavy atom. The van der Waals surface area contributed by atoms with Crippen LogP contribution in [0.2, 0.25) is 5.02 Å². The Kier molecular flexibility index (Phi) is 7.87. The SMILES string of the molecule is CC1=C(C(=O)OC(C)C)C(c2ccccc2Cl)n2c(sc(=Cc3cc(Br)ccc3OC(C)C)c2=O)=N1. The van der Waals surface area contributed by atoms with Crippen LogP contribution in [-0.2, 0) is 9.53 Å². The number of halogens is 2. The van der Waals surface area contributed by atoms with Gasteiger partial charge < -0.3 is 9.47 Å². The summed E-state index contributed by atoms with van der Waals surface area (Å²) in [5.41, 5.74) is 1.89. The predicted molar refractivity (Wildman–Crippen MR) is 146 cm³/mol. The van der Waals surface area contributed by atoms with Crippen molar-refractivity contribution in [3.05, 3.63) is 94.0 Å². The molecule has 1 unspecified atom stereocenters. The van der Waals surface area contributed by atoms with E-state index in [4.69, 9.17) is 21.1 Å². The van der Waals surface area contributed by atoms with Gasteiger partial charge in [0.05, 0.1) is 28.0 Å². The molecule has 1 aliphatic rings. The number of nitrogens with zero attached hydrogens (tertiary/aromatic N) is 2. The van der Waals surface area contributed by atoms with Crippen LogP contribution in [0.4, 0.5) is 0 Å². The molecule has 2 aromatic carbocycles. The highest BCUT2D eigenvalue weighted by Gasteiger charge is 2.34. The van der Waals surface area contributed by atoms with Gasteiger partial charge in [0.15, 0.2) is 4.80 Å². The van der Waals surface area contributed by atoms with E-state index in [2.05, 4.69) is 20.9 Å². The average molecular weight is 590 g/mol. The standard InChI is InChI=1S/C27H26BrClN2O4S/c1-14(2)34-21-11-10-18(28)12-17(21)13-22-25(32)31-24(19-8-6-7-9-20(19)29)23(26(33)35-15(3)4)16(5)30-27(31)36-22/h6-15,24H,1-5H3. The molecule has 2 heterocycles. The Morgan fingerprint density at radius 3 is 2.56 bits per heavy atom. The summed E-state index contributed by atoms with van der Waals surface area (Å²) < 4.78 is 14.3. The summed E-state index contributed by atoms with van der Waals surface area (Å²) in [6.45, 7) is 9.21. The van der Waals surface area contributed by atoms with Crippen molar-refractivity contribution >= 4 is 50.9 Å². The smallest absolute Gasteiger partial charge is 0.338 e. The molecule has 0 N–H and O–H groups in total. The van der Waals surface area contributed by atoms with Crippen molar-refractivity contribution in [1.29, 1.82) is 0 Å². The number of allylic oxidation sites excluding steroid dienone is 1. The Bertz CT molecular complexity index is 1540. The van der Waals surface area contributed by atoms with E-state index in [1.54, 1.807) is 32.9 Å². The van der Waals surface area contributed by atoms with Gasteiger partial charge in [0, 0.05) is 15.1 Å². The minimum atomic E-state index is -0.766. The summed E-state index contributed by atoms with van der Waals surface area (Å²) in [4.78, 5) is 32.1. The largest absolute Gasteiger partial charge is 0.490 e. The van der Waals surface area contributed by atoms with Gasteiger partial charge in [-0.05, 0) is 70.5 Å². The van der Waals surface area contributed by atoms with E-state index in [0.29, 0.717) is 36.9 Å². The van der Waals surface area contributed by atoms with Crippen molar-refractivity contribution in [2.45, 2.75) is 52.9 Å². The molecular formula is C27H26BrClN2O4S. The first kappa shape index (κ1) is 26.4. The van der Waals surface area contributed by atoms with Gasteiger partial charge >= 0.3 is 5.97 Å². The van der Waals surface area contributed by atoms with Crippen LogP contribution in [0.5, 0.6) is 5.75 Å². The minimum Gasteiger partial charge on any atom is -0.490 e. The second-order valence-electron chi connectivity index (χ2n) is 8.91. The summed E-state index contributed by atoms with van der Waals surface area (Å²) in [5.74, 6) is 0.143. The summed E-state index contributed by atoms with van der Waals surface area (Å²) in [6, 6.07) is 12.1. The van der Waals surface area contributed by atoms with Gasteiger partial charge in [-0.2, -0.15) is 0 Å². The normalized spacial score (nSPS) is 15.8. The number of thiazole rings is 1. The number of esters is 1. The maximum atomic E-state index is 13.8. The molecule has 1 atom stereocenters. The van der Waals surface area contributed by atoms with Gasteiger partial charge in [-0.1, -0.05) is 57.1 Å². The molecule has 4 rings (SSSR count). The number of hydrogen-bond donors (Lipinski definition) is 0. The van der Waals surface area contributed by atoms with E-state index < -0.39 is 12.0 Å². The maximum Gasteiger partial charge on any atom is 0.338 e. The van der Waals surface area contributed by atoms with Gasteiger partial charge in [-0.25, -0.2) is 9.79 Å². The topological polar surface area (TPSA) is 69.9 Å². The summed E-state index contributed by atoms with van der Waals surface area (Å²) >= 11 is 11.3. The van der Waals surface area contributed by atoms with E-state index in [1.165, 1.54) is 15.9 Å². The fourth-order valence-corrected chi connectivity index (χ4v) is 5.64. The van der Waals surface area contributed by atoms with Crippen LogP contribution in [0.1, 0.15) is 51.8 Å². The van der Waals surface area contributed by atoms with Crippen LogP contribution >= 0.6 is 38.9 Å². The molecule has 0 radical (unpaired) electrons. The molecule has 0 saturated carbocycles. The van der Waals surface area contributed by atoms with Crippen LogP contribution in [0.15, 0.2) is 68.0 Å². The quantitative estimate of drug-likeness (QED) is 0.362. The number of hydrogen-bond acceptors (Lipinski definition) is 6. The molecule has 36 heavy (non-hydrogen) atoms. The number of carbonyl (C=O) groups excluding carboxylic acids is 1. The average Bonchev–Trinajstić information content (AvgIpc) is 3.09. The van der Waals surface area contributed by atoms with E-state index in [0.717, 1.165) is 10.0 Å². The molecular weight excluding hydrogens is 564 g/mol. The molecule has 0 amide bonds. The Morgan fingerprint density at radius 1 is 1.17 bits per heavy atom. The summed E-state index contributed by atoms with van der Waals surface area (Å²) in [5, 5.41) is 0.446. The molecule has 6 nitrogen and oxygen atoms in total. The number of carbonyl (C=O) groups is 1. The second kappa shape index (κ2) is 10.7. The molecule has 0 fully saturated rings. The van der Waals surface area contributed by atoms with Crippen molar-refractivity contribution in [3.8, 4) is 5.75 Å². The van der Waals surface area contributed by atoms with Crippen LogP contribution < -0.4 is 19.6 Å². The second-order valence-corrected chi connectivity index (χ2v) is 11.2. The fraction of sp³-hybridized carbons (Fsp3) is 0.296. The number of benzene rings is 2. The first-order valence-corrected chi connectivity index (χ1v) is 13.5. The van der Waals surface area contributed by atoms with Gasteiger partial charge in [0.2, 0.25) is 0 Å². The van der Waals surface area contributed by atoms with Gasteiger partial charge in [0.1, 0.15) is 11.8 Å². The van der Waals surface area contributed by atoms with E-state index in [1.807, 2.05) is 50.2 Å². The predicted octanol–water partition coefficient (Wildman–Crippen LogP) is 5.39. The van der Waals surface area contributed by atoms with Crippen LogP contribution in [-0.4, -0.2) is 22.7 Å². The zero-order chi connectivity index (χ0) is 26.1. The Labute approximate surface area is 226 Å². The fourth-order valence-electron chi connectivity index (χ4n) is 3.99. The maximum absolute atomic E-state index is 13.8. The van der Waals surface area contributed by atoms with Crippen LogP contribution in [0, 0.1) is 0 Å². The van der Waals surface area contributed by atoms with Crippen LogP contribution in [0.25, 0.3) is 6.08 Å². The molecule has 0 saturated heterocycles. The Hall–Kier alpha value is -2.68. The monoisotopic (exact) mass is 588 g/mol. The highest BCUT2D eigenvalue weighted by molar-refractivity contribution is 9.10. The number of rotatable bonds is 6. The lowest BCUT2D eigenvalue weighted by molar-refractivity contribution is -0.143. The van der Waals surface area contributed by atoms with Crippen molar-refractivity contribution in [2.24, 2.45) is 4.99 Å². The summed E-state index contributed by atoms with van der Waals surface area (Å²) in [7, 11) is 0. The number of fused-ring (bicyclic) bond motifs is 1. The molecule has 188 valence electrons. The van der Waals surface area contributed by atoms with Crippen molar-refractivity contribution in [2.75, 3.05) is 0 Å². The first-order valence-electron chi connectivity index (χ1n) is 11.5. The highest BCUT2D eigenvalue weighted by atomic mass is 79.9. The molecule has 1 aromatic heterocycles. The Balaban J connectivity index is 1.97. The zero-order valence-corrected chi connectivity index (χ0v) is 23.7. The number of aromatic nitrogens is 1. The third kappa shape index (κ3) is 5.36. The number of ether oxygens (including phenoxy) is 2. The molecule has 0 spiro atoms. The van der Waals surface area contributed by atoms with E-state index >= 15 is 0 Å². The molecule has 0 aliphatic carbocycles. The summed E-state index contributed by atoms with van der Waals surface area (Å²) in [6.07, 6.45) is 1.43. The minimum absolute atomic E-state index is 0.0306. The van der Waals surface area contributed by atoms with E-state index in [9.17, 15) is 9.59 Å². The van der Waals surface area contributed by atoms with Crippen molar-refractivity contribution in [1.82, 2.24) is 4.57 Å². The molecule has 9 heteroatoms.